The van der Waals surface area contributed by atoms with Crippen LogP contribution in [0.3, 0.4) is 0 Å². The number of anilines is 1. The highest BCUT2D eigenvalue weighted by Gasteiger charge is 2.27. The number of esters is 2. The lowest BCUT2D eigenvalue weighted by Gasteiger charge is -2.12. The Balaban J connectivity index is 1.98. The molecule has 3 rings (SSSR count). The minimum absolute atomic E-state index is 0.0162. The van der Waals surface area contributed by atoms with E-state index in [-0.39, 0.29) is 45.0 Å². The molecule has 0 aliphatic carbocycles. The van der Waals surface area contributed by atoms with Crippen LogP contribution in [-0.2, 0) is 20.8 Å². The number of fused-ring (bicyclic) bond motifs is 1. The predicted octanol–water partition coefficient (Wildman–Crippen LogP) is 1.12. The quantitative estimate of drug-likeness (QED) is 0.461. The van der Waals surface area contributed by atoms with Gasteiger partial charge in [-0.1, -0.05) is 18.2 Å². The number of nitrogens with one attached hydrogen (secondary N) is 1. The second-order valence-corrected chi connectivity index (χ2v) is 7.91. The Bertz CT molecular complexity index is 1360. The third-order valence-electron chi connectivity index (χ3n) is 4.69. The average Bonchev–Trinajstić information content (AvgIpc) is 3.11. The van der Waals surface area contributed by atoms with Gasteiger partial charge in [0.1, 0.15) is 22.1 Å². The van der Waals surface area contributed by atoms with Crippen LogP contribution in [-0.4, -0.2) is 46.8 Å². The van der Waals surface area contributed by atoms with Gasteiger partial charge >= 0.3 is 11.9 Å². The van der Waals surface area contributed by atoms with E-state index in [1.54, 1.807) is 26.0 Å². The van der Waals surface area contributed by atoms with Crippen molar-refractivity contribution in [2.24, 2.45) is 0 Å². The predicted molar refractivity (Wildman–Crippen MR) is 120 cm³/mol. The van der Waals surface area contributed by atoms with Gasteiger partial charge in [-0.25, -0.2) is 14.3 Å². The Hall–Kier alpha value is -4.06. The largest absolute Gasteiger partial charge is 0.543 e. The summed E-state index contributed by atoms with van der Waals surface area (Å²) in [5, 5.41) is 17.9. The lowest BCUT2D eigenvalue weighted by atomic mass is 10.1. The zero-order valence-electron chi connectivity index (χ0n) is 18.5. The maximum Gasteiger partial charge on any atom is 0.348 e. The summed E-state index contributed by atoms with van der Waals surface area (Å²) in [6.07, 6.45) is 0. The van der Waals surface area contributed by atoms with Crippen molar-refractivity contribution in [2.45, 2.75) is 27.3 Å². The first-order chi connectivity index (χ1) is 16.2. The molecule has 0 saturated carbocycles. The first kappa shape index (κ1) is 24.6. The number of hydrogen-bond acceptors (Lipinski definition) is 10. The molecule has 0 unspecified atom stereocenters. The number of carboxylic acid groups (broad SMARTS) is 1. The van der Waals surface area contributed by atoms with Crippen molar-refractivity contribution >= 4 is 50.9 Å². The smallest absolute Gasteiger partial charge is 0.348 e. The van der Waals surface area contributed by atoms with Gasteiger partial charge in [-0.2, -0.15) is 5.10 Å². The second-order valence-electron chi connectivity index (χ2n) is 6.89. The Labute approximate surface area is 196 Å². The number of nitrogens with zero attached hydrogens (tertiary/aromatic N) is 2. The fourth-order valence-corrected chi connectivity index (χ4v) is 4.34. The van der Waals surface area contributed by atoms with E-state index < -0.39 is 41.6 Å². The van der Waals surface area contributed by atoms with E-state index >= 15 is 0 Å². The van der Waals surface area contributed by atoms with E-state index in [0.29, 0.717) is 4.68 Å². The van der Waals surface area contributed by atoms with Crippen molar-refractivity contribution in [3.63, 3.8) is 0 Å². The Morgan fingerprint density at radius 1 is 1.06 bits per heavy atom. The summed E-state index contributed by atoms with van der Waals surface area (Å²) in [6.45, 7) is 4.29. The van der Waals surface area contributed by atoms with E-state index in [4.69, 9.17) is 9.47 Å². The molecule has 0 spiro atoms. The summed E-state index contributed by atoms with van der Waals surface area (Å²) in [6, 6.07) is 5.91. The zero-order chi connectivity index (χ0) is 25.0. The Kier molecular flexibility index (Phi) is 7.41. The summed E-state index contributed by atoms with van der Waals surface area (Å²) in [4.78, 5) is 61.9. The molecule has 178 valence electrons. The molecule has 0 aliphatic rings. The summed E-state index contributed by atoms with van der Waals surface area (Å²) in [7, 11) is 0. The topological polar surface area (TPSA) is 157 Å². The molecular weight excluding hydrogens is 466 g/mol. The van der Waals surface area contributed by atoms with E-state index in [2.05, 4.69) is 10.4 Å². The number of rotatable bonds is 8. The van der Waals surface area contributed by atoms with Crippen LogP contribution < -0.4 is 16.0 Å². The van der Waals surface area contributed by atoms with Crippen molar-refractivity contribution in [2.75, 3.05) is 18.5 Å². The minimum atomic E-state index is -1.61. The highest BCUT2D eigenvalue weighted by molar-refractivity contribution is 7.18. The number of aromatic carboxylic acids is 1. The van der Waals surface area contributed by atoms with Crippen LogP contribution in [0.15, 0.2) is 29.1 Å². The van der Waals surface area contributed by atoms with Crippen molar-refractivity contribution in [3.05, 3.63) is 56.3 Å². The lowest BCUT2D eigenvalue weighted by Crippen LogP contribution is -2.34. The normalized spacial score (nSPS) is 10.7. The molecule has 1 N–H and O–H groups in total. The lowest BCUT2D eigenvalue weighted by molar-refractivity contribution is -0.255. The van der Waals surface area contributed by atoms with E-state index in [1.165, 1.54) is 19.1 Å². The van der Waals surface area contributed by atoms with Gasteiger partial charge < -0.3 is 24.7 Å². The van der Waals surface area contributed by atoms with E-state index in [9.17, 15) is 29.1 Å². The molecule has 11 nitrogen and oxygen atoms in total. The molecular formula is C22H20N3O8S-. The van der Waals surface area contributed by atoms with Crippen LogP contribution in [0.4, 0.5) is 5.00 Å². The fraction of sp³-hybridized carbons (Fsp3) is 0.273. The number of ether oxygens (including phenoxy) is 2. The number of carboxylic acids is 1. The first-order valence-electron chi connectivity index (χ1n) is 10.2. The van der Waals surface area contributed by atoms with Crippen molar-refractivity contribution in [3.8, 4) is 0 Å². The molecule has 0 saturated heterocycles. The van der Waals surface area contributed by atoms with E-state index in [1.807, 2.05) is 0 Å². The van der Waals surface area contributed by atoms with Gasteiger partial charge in [0.15, 0.2) is 0 Å². The van der Waals surface area contributed by atoms with Crippen molar-refractivity contribution in [1.82, 2.24) is 9.78 Å². The molecule has 1 aromatic carbocycles. The summed E-state index contributed by atoms with van der Waals surface area (Å²) in [5.74, 6) is -3.80. The third-order valence-corrected chi connectivity index (χ3v) is 5.88. The standard InChI is InChI=1S/C22H21N3O8S/c1-4-32-21(30)15-11(3)17(22(31)33-5-2)34-18(15)23-14(26)10-25-19(27)13-9-7-6-8-12(13)16(24-25)20(28)29/h6-9H,4-5,10H2,1-3H3,(H,23,26)(H,28,29)/p-1. The zero-order valence-corrected chi connectivity index (χ0v) is 19.3. The number of carbonyl (C=O) groups is 4. The molecule has 0 aliphatic heterocycles. The molecule has 2 aromatic heterocycles. The molecule has 1 amide bonds. The molecule has 12 heteroatoms. The SMILES string of the molecule is CCOC(=O)c1sc(NC(=O)Cn2nc(C(=O)[O-])c3ccccc3c2=O)c(C(=O)OCC)c1C. The molecule has 0 bridgehead atoms. The van der Waals surface area contributed by atoms with Gasteiger partial charge in [0.25, 0.3) is 5.56 Å². The second kappa shape index (κ2) is 10.3. The monoisotopic (exact) mass is 486 g/mol. The third kappa shape index (κ3) is 4.81. The fourth-order valence-electron chi connectivity index (χ4n) is 3.24. The maximum absolute atomic E-state index is 12.8. The Morgan fingerprint density at radius 2 is 1.68 bits per heavy atom. The van der Waals surface area contributed by atoms with Crippen LogP contribution in [0, 0.1) is 6.92 Å². The maximum atomic E-state index is 12.8. The number of carbonyl (C=O) groups excluding carboxylic acids is 4. The van der Waals surface area contributed by atoms with Crippen LogP contribution in [0.5, 0.6) is 0 Å². The molecule has 0 fully saturated rings. The highest BCUT2D eigenvalue weighted by Crippen LogP contribution is 2.34. The molecule has 3 aromatic rings. The van der Waals surface area contributed by atoms with Gasteiger partial charge in [0.2, 0.25) is 5.91 Å². The van der Waals surface area contributed by atoms with Gasteiger partial charge in [0.05, 0.1) is 30.1 Å². The Morgan fingerprint density at radius 3 is 2.29 bits per heavy atom. The number of aromatic nitrogens is 2. The van der Waals surface area contributed by atoms with Gasteiger partial charge in [-0.15, -0.1) is 11.3 Å². The van der Waals surface area contributed by atoms with Crippen molar-refractivity contribution in [1.29, 1.82) is 0 Å². The summed E-state index contributed by atoms with van der Waals surface area (Å²) >= 11 is 0.823. The first-order valence-corrected chi connectivity index (χ1v) is 11.0. The van der Waals surface area contributed by atoms with Crippen LogP contribution >= 0.6 is 11.3 Å². The van der Waals surface area contributed by atoms with Gasteiger partial charge in [0, 0.05) is 5.39 Å². The number of benzene rings is 1. The molecule has 0 radical (unpaired) electrons. The number of amides is 1. The molecule has 34 heavy (non-hydrogen) atoms. The molecule has 2 heterocycles. The van der Waals surface area contributed by atoms with Gasteiger partial charge in [-0.05, 0) is 32.4 Å². The van der Waals surface area contributed by atoms with Crippen LogP contribution in [0.2, 0.25) is 0 Å². The van der Waals surface area contributed by atoms with E-state index in [0.717, 1.165) is 11.3 Å². The highest BCUT2D eigenvalue weighted by atomic mass is 32.1. The average molecular weight is 486 g/mol. The summed E-state index contributed by atoms with van der Waals surface area (Å²) in [5.41, 5.74) is -0.919. The van der Waals surface area contributed by atoms with Crippen molar-refractivity contribution < 1.29 is 33.8 Å². The molecule has 0 atom stereocenters. The van der Waals surface area contributed by atoms with Crippen LogP contribution in [0.25, 0.3) is 10.8 Å². The summed E-state index contributed by atoms with van der Waals surface area (Å²) < 4.78 is 10.7. The number of thiophene rings is 1. The van der Waals surface area contributed by atoms with Crippen LogP contribution in [0.1, 0.15) is 49.9 Å². The number of hydrogen-bond donors (Lipinski definition) is 1. The van der Waals surface area contributed by atoms with Gasteiger partial charge in [-0.3, -0.25) is 9.59 Å². The minimum Gasteiger partial charge on any atom is -0.543 e.